The second kappa shape index (κ2) is 6.70. The summed E-state index contributed by atoms with van der Waals surface area (Å²) in [5.41, 5.74) is 0.775. The molecule has 0 spiro atoms. The number of aromatic nitrogens is 8. The maximum absolute atomic E-state index is 13.4. The Bertz CT molecular complexity index is 1620. The molecule has 2 aromatic carbocycles. The van der Waals surface area contributed by atoms with Crippen LogP contribution in [0.25, 0.3) is 27.9 Å². The molecule has 0 fully saturated rings. The van der Waals surface area contributed by atoms with Crippen LogP contribution >= 0.6 is 0 Å². The van der Waals surface area contributed by atoms with E-state index in [4.69, 9.17) is 4.74 Å². The fourth-order valence-corrected chi connectivity index (χ4v) is 4.85. The zero-order chi connectivity index (χ0) is 21.8. The number of nitrogens with zero attached hydrogens (tertiary/aromatic N) is 6. The number of hydrogen-bond donors (Lipinski definition) is 2. The highest BCUT2D eigenvalue weighted by molar-refractivity contribution is 7.91. The summed E-state index contributed by atoms with van der Waals surface area (Å²) >= 11 is 0. The van der Waals surface area contributed by atoms with E-state index in [9.17, 15) is 13.2 Å². The van der Waals surface area contributed by atoms with E-state index < -0.39 is 15.4 Å². The number of ether oxygens (including phenoxy) is 1. The zero-order valence-corrected chi connectivity index (χ0v) is 17.0. The van der Waals surface area contributed by atoms with Gasteiger partial charge < -0.3 is 4.74 Å². The first-order valence-electron chi connectivity index (χ1n) is 8.94. The average molecular weight is 438 g/mol. The second-order valence-corrected chi connectivity index (χ2v) is 8.53. The molecule has 0 aliphatic heterocycles. The normalized spacial score (nSPS) is 11.9. The predicted octanol–water partition coefficient (Wildman–Crippen LogP) is 0.901. The van der Waals surface area contributed by atoms with Crippen molar-refractivity contribution in [2.75, 3.05) is 7.11 Å². The minimum absolute atomic E-state index is 0.0220. The van der Waals surface area contributed by atoms with Gasteiger partial charge in [-0.15, -0.1) is 15.3 Å². The van der Waals surface area contributed by atoms with Crippen molar-refractivity contribution in [3.8, 4) is 17.1 Å². The number of nitrogens with one attached hydrogen (secondary N) is 2. The van der Waals surface area contributed by atoms with E-state index in [-0.39, 0.29) is 15.6 Å². The Balaban J connectivity index is 1.71. The van der Waals surface area contributed by atoms with Crippen molar-refractivity contribution in [1.82, 2.24) is 40.4 Å². The Hall–Kier alpha value is -4.13. The molecule has 156 valence electrons. The van der Waals surface area contributed by atoms with Crippen LogP contribution < -0.4 is 10.3 Å². The number of fused-ring (bicyclic) bond motifs is 3. The first-order valence-corrected chi connectivity index (χ1v) is 10.4. The molecule has 3 aromatic heterocycles. The summed E-state index contributed by atoms with van der Waals surface area (Å²) in [6.45, 7) is 1.64. The van der Waals surface area contributed by atoms with E-state index in [0.29, 0.717) is 33.6 Å². The lowest BCUT2D eigenvalue weighted by Crippen LogP contribution is -2.12. The van der Waals surface area contributed by atoms with Crippen molar-refractivity contribution in [2.24, 2.45) is 0 Å². The van der Waals surface area contributed by atoms with E-state index in [1.807, 2.05) is 0 Å². The van der Waals surface area contributed by atoms with Crippen LogP contribution in [0.2, 0.25) is 0 Å². The van der Waals surface area contributed by atoms with Crippen molar-refractivity contribution in [1.29, 1.82) is 0 Å². The number of aryl methyl sites for hydroxylation is 1. The molecule has 3 heterocycles. The Morgan fingerprint density at radius 3 is 2.65 bits per heavy atom. The molecule has 5 rings (SSSR count). The number of methoxy groups -OCH3 is 1. The summed E-state index contributed by atoms with van der Waals surface area (Å²) in [5.74, 6) is 0.838. The highest BCUT2D eigenvalue weighted by Crippen LogP contribution is 2.28. The van der Waals surface area contributed by atoms with Gasteiger partial charge in [0.15, 0.2) is 5.65 Å². The topological polar surface area (TPSA) is 161 Å². The van der Waals surface area contributed by atoms with Crippen LogP contribution in [0.5, 0.6) is 5.75 Å². The van der Waals surface area contributed by atoms with Crippen LogP contribution in [0.3, 0.4) is 0 Å². The lowest BCUT2D eigenvalue weighted by Gasteiger charge is -2.07. The molecule has 5 aromatic rings. The molecule has 12 nitrogen and oxygen atoms in total. The minimum atomic E-state index is -4.10. The summed E-state index contributed by atoms with van der Waals surface area (Å²) in [4.78, 5) is 16.5. The molecule has 13 heteroatoms. The number of aromatic amines is 2. The molecule has 0 radical (unpaired) electrons. The molecular formula is C18H14N8O4S. The number of H-pyrrole nitrogens is 2. The highest BCUT2D eigenvalue weighted by atomic mass is 32.2. The second-order valence-electron chi connectivity index (χ2n) is 6.70. The van der Waals surface area contributed by atoms with Gasteiger partial charge in [0.25, 0.3) is 5.56 Å². The van der Waals surface area contributed by atoms with Crippen molar-refractivity contribution in [2.45, 2.75) is 16.8 Å². The van der Waals surface area contributed by atoms with E-state index >= 15 is 0 Å². The third-order valence-electron chi connectivity index (χ3n) is 4.86. The van der Waals surface area contributed by atoms with Crippen molar-refractivity contribution in [3.63, 3.8) is 0 Å². The molecule has 0 saturated carbocycles. The van der Waals surface area contributed by atoms with Crippen LogP contribution in [-0.4, -0.2) is 56.0 Å². The Morgan fingerprint density at radius 1 is 1.10 bits per heavy atom. The quantitative estimate of drug-likeness (QED) is 0.415. The third-order valence-corrected chi connectivity index (χ3v) is 6.68. The van der Waals surface area contributed by atoms with E-state index in [2.05, 4.69) is 35.9 Å². The van der Waals surface area contributed by atoms with Gasteiger partial charge in [0.2, 0.25) is 20.7 Å². The van der Waals surface area contributed by atoms with Gasteiger partial charge in [-0.25, -0.2) is 18.1 Å². The largest absolute Gasteiger partial charge is 0.497 e. The average Bonchev–Trinajstić information content (AvgIpc) is 3.43. The first-order chi connectivity index (χ1) is 14.9. The molecule has 0 aliphatic carbocycles. The fraction of sp³-hybridized carbons (Fsp3) is 0.111. The number of sulfone groups is 1. The van der Waals surface area contributed by atoms with E-state index in [1.54, 1.807) is 37.3 Å². The van der Waals surface area contributed by atoms with Gasteiger partial charge in [0.1, 0.15) is 5.75 Å². The molecule has 0 amide bonds. The van der Waals surface area contributed by atoms with Crippen LogP contribution in [0.15, 0.2) is 51.1 Å². The Kier molecular flexibility index (Phi) is 4.08. The SMILES string of the molecule is COc1ccc2c(=O)nc3c(S(=O)(=O)c4ccc(-c5nn[nH]n5)cc4C)n[nH]n3c2c1. The lowest BCUT2D eigenvalue weighted by atomic mass is 10.1. The van der Waals surface area contributed by atoms with Crippen LogP contribution in [0, 0.1) is 6.92 Å². The molecular weight excluding hydrogens is 424 g/mol. The van der Waals surface area contributed by atoms with E-state index in [1.165, 1.54) is 17.7 Å². The van der Waals surface area contributed by atoms with Crippen molar-refractivity contribution < 1.29 is 13.2 Å². The standard InChI is InChI=1S/C18H14N8O4S/c1-9-7-10(15-20-23-24-21-15)3-6-14(9)31(28,29)18-16-19-17(27)12-5-4-11(30-2)8-13(12)26(16)25-22-18/h3-8,25H,1-2H3,(H,20,21,23,24). The Morgan fingerprint density at radius 2 is 1.94 bits per heavy atom. The molecule has 2 N–H and O–H groups in total. The number of rotatable bonds is 4. The lowest BCUT2D eigenvalue weighted by molar-refractivity contribution is 0.415. The molecule has 0 unspecified atom stereocenters. The summed E-state index contributed by atoms with van der Waals surface area (Å²) in [6.07, 6.45) is 0. The van der Waals surface area contributed by atoms with Crippen LogP contribution in [0.1, 0.15) is 5.56 Å². The van der Waals surface area contributed by atoms with Crippen molar-refractivity contribution >= 4 is 26.4 Å². The van der Waals surface area contributed by atoms with Gasteiger partial charge in [-0.05, 0) is 48.0 Å². The minimum Gasteiger partial charge on any atom is -0.497 e. The maximum atomic E-state index is 13.4. The summed E-state index contributed by atoms with van der Waals surface area (Å²) in [7, 11) is -2.61. The molecule has 31 heavy (non-hydrogen) atoms. The summed E-state index contributed by atoms with van der Waals surface area (Å²) in [5, 5.41) is 20.2. The number of hydrogen-bond acceptors (Lipinski definition) is 9. The molecule has 0 aliphatic rings. The van der Waals surface area contributed by atoms with Gasteiger partial charge >= 0.3 is 0 Å². The number of tetrazole rings is 1. The summed E-state index contributed by atoms with van der Waals surface area (Å²) in [6, 6.07) is 9.42. The van der Waals surface area contributed by atoms with Gasteiger partial charge in [-0.1, -0.05) is 0 Å². The van der Waals surface area contributed by atoms with Gasteiger partial charge in [0.05, 0.1) is 22.9 Å². The van der Waals surface area contributed by atoms with Crippen LogP contribution in [-0.2, 0) is 9.84 Å². The van der Waals surface area contributed by atoms with Crippen LogP contribution in [0.4, 0.5) is 0 Å². The van der Waals surface area contributed by atoms with Gasteiger partial charge in [0, 0.05) is 11.6 Å². The first kappa shape index (κ1) is 18.9. The third kappa shape index (κ3) is 2.85. The van der Waals surface area contributed by atoms with Gasteiger partial charge in [-0.2, -0.15) is 10.2 Å². The maximum Gasteiger partial charge on any atom is 0.281 e. The number of benzene rings is 2. The fourth-order valence-electron chi connectivity index (χ4n) is 3.37. The molecule has 0 saturated heterocycles. The van der Waals surface area contributed by atoms with Crippen molar-refractivity contribution in [3.05, 3.63) is 52.3 Å². The Labute approximate surface area is 173 Å². The monoisotopic (exact) mass is 438 g/mol. The molecule has 0 atom stereocenters. The van der Waals surface area contributed by atoms with Gasteiger partial charge in [-0.3, -0.25) is 4.79 Å². The summed E-state index contributed by atoms with van der Waals surface area (Å²) < 4.78 is 33.3. The zero-order valence-electron chi connectivity index (χ0n) is 16.2. The smallest absolute Gasteiger partial charge is 0.281 e. The highest BCUT2D eigenvalue weighted by Gasteiger charge is 2.28. The van der Waals surface area contributed by atoms with E-state index in [0.717, 1.165) is 0 Å². The molecule has 0 bridgehead atoms. The predicted molar refractivity (Wildman–Crippen MR) is 107 cm³/mol.